The van der Waals surface area contributed by atoms with Crippen LogP contribution >= 0.6 is 11.3 Å². The number of likely N-dealkylation sites (tertiary alicyclic amines) is 1. The van der Waals surface area contributed by atoms with Crippen molar-refractivity contribution in [2.45, 2.75) is 39.3 Å². The fourth-order valence-electron chi connectivity index (χ4n) is 2.97. The maximum atomic E-state index is 5.20. The second kappa shape index (κ2) is 9.20. The lowest BCUT2D eigenvalue weighted by Gasteiger charge is -2.25. The number of hydrogen-bond acceptors (Lipinski definition) is 5. The summed E-state index contributed by atoms with van der Waals surface area (Å²) in [7, 11) is 3.58. The molecule has 0 spiro atoms. The van der Waals surface area contributed by atoms with Crippen LogP contribution < -0.4 is 10.6 Å². The Balaban J connectivity index is 1.77. The normalized spacial score (nSPS) is 19.3. The Morgan fingerprint density at radius 2 is 2.26 bits per heavy atom. The van der Waals surface area contributed by atoms with Crippen molar-refractivity contribution in [1.29, 1.82) is 0 Å². The highest BCUT2D eigenvalue weighted by Gasteiger charge is 2.23. The minimum atomic E-state index is 0.566. The zero-order valence-electron chi connectivity index (χ0n) is 14.7. The summed E-state index contributed by atoms with van der Waals surface area (Å²) in [6.45, 7) is 8.77. The van der Waals surface area contributed by atoms with Crippen molar-refractivity contribution < 1.29 is 4.74 Å². The number of ether oxygens (including phenoxy) is 1. The minimum absolute atomic E-state index is 0.566. The fourth-order valence-corrected chi connectivity index (χ4v) is 3.84. The van der Waals surface area contributed by atoms with Gasteiger partial charge in [-0.1, -0.05) is 0 Å². The van der Waals surface area contributed by atoms with Crippen molar-refractivity contribution in [3.8, 4) is 0 Å². The van der Waals surface area contributed by atoms with Gasteiger partial charge in [0.2, 0.25) is 0 Å². The third kappa shape index (κ3) is 5.44. The summed E-state index contributed by atoms with van der Waals surface area (Å²) in [6.07, 6.45) is 2.50. The molecule has 1 unspecified atom stereocenters. The Labute approximate surface area is 143 Å². The van der Waals surface area contributed by atoms with Crippen LogP contribution in [-0.2, 0) is 11.3 Å². The first-order valence-electron chi connectivity index (χ1n) is 8.24. The van der Waals surface area contributed by atoms with Crippen molar-refractivity contribution in [3.05, 3.63) is 15.6 Å². The quantitative estimate of drug-likeness (QED) is 0.583. The first kappa shape index (κ1) is 18.2. The van der Waals surface area contributed by atoms with Gasteiger partial charge in [-0.25, -0.2) is 4.98 Å². The molecule has 1 aromatic rings. The third-order valence-corrected chi connectivity index (χ3v) is 5.30. The van der Waals surface area contributed by atoms with E-state index in [1.54, 1.807) is 18.4 Å². The van der Waals surface area contributed by atoms with Gasteiger partial charge in [-0.3, -0.25) is 9.89 Å². The van der Waals surface area contributed by atoms with Gasteiger partial charge in [-0.15, -0.1) is 11.3 Å². The second-order valence-electron chi connectivity index (χ2n) is 5.87. The molecule has 7 heteroatoms. The predicted molar refractivity (Wildman–Crippen MR) is 96.3 cm³/mol. The smallest absolute Gasteiger partial charge is 0.191 e. The number of aryl methyl sites for hydroxylation is 2. The van der Waals surface area contributed by atoms with E-state index < -0.39 is 0 Å². The third-order valence-electron chi connectivity index (χ3n) is 4.23. The van der Waals surface area contributed by atoms with Gasteiger partial charge in [0.25, 0.3) is 0 Å². The van der Waals surface area contributed by atoms with E-state index in [4.69, 9.17) is 4.74 Å². The molecule has 2 heterocycles. The maximum absolute atomic E-state index is 5.20. The van der Waals surface area contributed by atoms with Crippen LogP contribution in [0.1, 0.15) is 28.4 Å². The lowest BCUT2D eigenvalue weighted by Crippen LogP contribution is -2.45. The highest BCUT2D eigenvalue weighted by molar-refractivity contribution is 7.11. The molecule has 1 atom stereocenters. The molecule has 0 aliphatic carbocycles. The zero-order chi connectivity index (χ0) is 16.7. The van der Waals surface area contributed by atoms with Crippen molar-refractivity contribution >= 4 is 17.3 Å². The molecule has 1 saturated heterocycles. The summed E-state index contributed by atoms with van der Waals surface area (Å²) < 4.78 is 5.20. The van der Waals surface area contributed by atoms with Gasteiger partial charge in [-0.2, -0.15) is 0 Å². The van der Waals surface area contributed by atoms with E-state index >= 15 is 0 Å². The lowest BCUT2D eigenvalue weighted by atomic mass is 10.2. The number of rotatable bonds is 7. The Bertz CT molecular complexity index is 517. The van der Waals surface area contributed by atoms with Gasteiger partial charge in [0.15, 0.2) is 5.96 Å². The SMILES string of the molecule is CN=C(NCc1sc(C)nc1C)NCC1CCCN1CCOC. The van der Waals surface area contributed by atoms with E-state index in [0.717, 1.165) is 42.9 Å². The Kier molecular flexibility index (Phi) is 7.26. The summed E-state index contributed by atoms with van der Waals surface area (Å²) in [4.78, 5) is 12.6. The molecular weight excluding hydrogens is 310 g/mol. The van der Waals surface area contributed by atoms with Crippen molar-refractivity contribution in [3.63, 3.8) is 0 Å². The molecule has 1 aromatic heterocycles. The van der Waals surface area contributed by atoms with Crippen molar-refractivity contribution in [2.75, 3.05) is 40.4 Å². The summed E-state index contributed by atoms with van der Waals surface area (Å²) in [5.74, 6) is 0.856. The van der Waals surface area contributed by atoms with Crippen LogP contribution in [0.4, 0.5) is 0 Å². The standard InChI is InChI=1S/C16H29N5OS/c1-12-15(23-13(2)20-12)11-19-16(17-3)18-10-14-6-5-7-21(14)8-9-22-4/h14H,5-11H2,1-4H3,(H2,17,18,19). The van der Waals surface area contributed by atoms with E-state index in [-0.39, 0.29) is 0 Å². The summed E-state index contributed by atoms with van der Waals surface area (Å²) in [6, 6.07) is 0.566. The fraction of sp³-hybridized carbons (Fsp3) is 0.750. The average Bonchev–Trinajstić information content (AvgIpc) is 3.11. The molecule has 0 aromatic carbocycles. The first-order chi connectivity index (χ1) is 11.1. The van der Waals surface area contributed by atoms with Crippen molar-refractivity contribution in [2.24, 2.45) is 4.99 Å². The molecule has 23 heavy (non-hydrogen) atoms. The van der Waals surface area contributed by atoms with Crippen molar-refractivity contribution in [1.82, 2.24) is 20.5 Å². The lowest BCUT2D eigenvalue weighted by molar-refractivity contribution is 0.141. The number of thiazole rings is 1. The molecule has 1 fully saturated rings. The van der Waals surface area contributed by atoms with E-state index in [2.05, 4.69) is 32.4 Å². The largest absolute Gasteiger partial charge is 0.383 e. The molecule has 1 aliphatic heterocycles. The number of nitrogens with zero attached hydrogens (tertiary/aromatic N) is 3. The molecule has 0 saturated carbocycles. The highest BCUT2D eigenvalue weighted by atomic mass is 32.1. The summed E-state index contributed by atoms with van der Waals surface area (Å²) in [5, 5.41) is 7.96. The van der Waals surface area contributed by atoms with E-state index in [9.17, 15) is 0 Å². The number of hydrogen-bond donors (Lipinski definition) is 2. The average molecular weight is 340 g/mol. The van der Waals surface area contributed by atoms with Crippen LogP contribution in [0.3, 0.4) is 0 Å². The Morgan fingerprint density at radius 3 is 2.91 bits per heavy atom. The van der Waals surface area contributed by atoms with Gasteiger partial charge in [0, 0.05) is 38.2 Å². The first-order valence-corrected chi connectivity index (χ1v) is 9.06. The highest BCUT2D eigenvalue weighted by Crippen LogP contribution is 2.17. The Morgan fingerprint density at radius 1 is 1.43 bits per heavy atom. The van der Waals surface area contributed by atoms with Crippen LogP contribution in [0, 0.1) is 13.8 Å². The minimum Gasteiger partial charge on any atom is -0.383 e. The van der Waals surface area contributed by atoms with Gasteiger partial charge in [0.1, 0.15) is 0 Å². The van der Waals surface area contributed by atoms with Gasteiger partial charge in [0.05, 0.1) is 23.9 Å². The molecule has 1 aliphatic rings. The number of aromatic nitrogens is 1. The Hall–Kier alpha value is -1.18. The van der Waals surface area contributed by atoms with E-state index in [1.807, 2.05) is 14.0 Å². The zero-order valence-corrected chi connectivity index (χ0v) is 15.5. The van der Waals surface area contributed by atoms with E-state index in [1.165, 1.54) is 24.3 Å². The van der Waals surface area contributed by atoms with Crippen LogP contribution in [0.2, 0.25) is 0 Å². The number of methoxy groups -OCH3 is 1. The van der Waals surface area contributed by atoms with Crippen LogP contribution in [0.15, 0.2) is 4.99 Å². The topological polar surface area (TPSA) is 61.8 Å². The molecule has 2 N–H and O–H groups in total. The summed E-state index contributed by atoms with van der Waals surface area (Å²) in [5.41, 5.74) is 1.11. The van der Waals surface area contributed by atoms with E-state index in [0.29, 0.717) is 6.04 Å². The molecule has 0 amide bonds. The number of nitrogens with one attached hydrogen (secondary N) is 2. The van der Waals surface area contributed by atoms with Gasteiger partial charge in [-0.05, 0) is 33.2 Å². The molecule has 2 rings (SSSR count). The molecule has 0 radical (unpaired) electrons. The number of aliphatic imine (C=N–C) groups is 1. The predicted octanol–water partition coefficient (Wildman–Crippen LogP) is 1.54. The van der Waals surface area contributed by atoms with Crippen LogP contribution in [0.25, 0.3) is 0 Å². The molecule has 6 nitrogen and oxygen atoms in total. The van der Waals surface area contributed by atoms with Gasteiger partial charge >= 0.3 is 0 Å². The second-order valence-corrected chi connectivity index (χ2v) is 7.16. The van der Waals surface area contributed by atoms with Crippen LogP contribution in [0.5, 0.6) is 0 Å². The monoisotopic (exact) mass is 339 g/mol. The maximum Gasteiger partial charge on any atom is 0.191 e. The number of guanidine groups is 1. The van der Waals surface area contributed by atoms with Crippen LogP contribution in [-0.4, -0.2) is 62.3 Å². The molecule has 130 valence electrons. The summed E-state index contributed by atoms with van der Waals surface area (Å²) >= 11 is 1.74. The molecular formula is C16H29N5OS. The molecule has 0 bridgehead atoms. The van der Waals surface area contributed by atoms with Gasteiger partial charge < -0.3 is 15.4 Å².